The third kappa shape index (κ3) is 2.13. The number of benzene rings is 1. The highest BCUT2D eigenvalue weighted by Crippen LogP contribution is 2.49. The Morgan fingerprint density at radius 2 is 2.17 bits per heavy atom. The maximum absolute atomic E-state index is 12.8. The van der Waals surface area contributed by atoms with E-state index in [4.69, 9.17) is 9.47 Å². The van der Waals surface area contributed by atoms with E-state index in [0.29, 0.717) is 34.5 Å². The largest absolute Gasteiger partial charge is 0.481 e. The fourth-order valence-corrected chi connectivity index (χ4v) is 4.62. The van der Waals surface area contributed by atoms with Crippen LogP contribution in [0, 0.1) is 11.3 Å². The summed E-state index contributed by atoms with van der Waals surface area (Å²) in [4.78, 5) is 26.2. The highest BCUT2D eigenvalue weighted by Gasteiger charge is 2.55. The molecular formula is C16H16BrNO5. The number of amides is 1. The highest BCUT2D eigenvalue weighted by atomic mass is 79.9. The fraction of sp³-hybridized carbons (Fsp3) is 0.500. The first kappa shape index (κ1) is 14.8. The van der Waals surface area contributed by atoms with E-state index in [2.05, 4.69) is 15.9 Å². The number of fused-ring (bicyclic) bond motifs is 2. The van der Waals surface area contributed by atoms with Crippen LogP contribution in [0.2, 0.25) is 0 Å². The molecule has 122 valence electrons. The number of carbonyl (C=O) groups excluding carboxylic acids is 1. The molecule has 1 aromatic carbocycles. The van der Waals surface area contributed by atoms with Gasteiger partial charge in [-0.1, -0.05) is 6.42 Å². The molecule has 23 heavy (non-hydrogen) atoms. The first-order chi connectivity index (χ1) is 11.0. The van der Waals surface area contributed by atoms with Crippen molar-refractivity contribution < 1.29 is 24.2 Å². The molecule has 7 heteroatoms. The van der Waals surface area contributed by atoms with E-state index in [1.54, 1.807) is 17.0 Å². The van der Waals surface area contributed by atoms with Gasteiger partial charge in [0, 0.05) is 18.7 Å². The van der Waals surface area contributed by atoms with Crippen LogP contribution in [0.5, 0.6) is 11.5 Å². The standard InChI is InChI=1S/C16H16BrNO5/c17-11-4-9(5-12-13(11)23-8-22-12)14(19)18-6-10-2-1-3-16(10,7-18)15(20)21/h4-5,10H,1-3,6-8H2,(H,20,21)/t10-,16+/m0/s1. The Hall–Kier alpha value is -1.76. The van der Waals surface area contributed by atoms with Crippen LogP contribution >= 0.6 is 15.9 Å². The van der Waals surface area contributed by atoms with Crippen LogP contribution in [0.15, 0.2) is 16.6 Å². The lowest BCUT2D eigenvalue weighted by atomic mass is 9.81. The van der Waals surface area contributed by atoms with Crippen molar-refractivity contribution in [2.45, 2.75) is 19.3 Å². The van der Waals surface area contributed by atoms with Crippen LogP contribution in [0.3, 0.4) is 0 Å². The number of carbonyl (C=O) groups is 2. The highest BCUT2D eigenvalue weighted by molar-refractivity contribution is 9.10. The van der Waals surface area contributed by atoms with Gasteiger partial charge >= 0.3 is 5.97 Å². The summed E-state index contributed by atoms with van der Waals surface area (Å²) in [6, 6.07) is 3.37. The first-order valence-electron chi connectivity index (χ1n) is 7.63. The normalized spacial score (nSPS) is 28.0. The molecule has 1 saturated carbocycles. The molecule has 0 unspecified atom stereocenters. The van der Waals surface area contributed by atoms with Gasteiger partial charge in [-0.3, -0.25) is 9.59 Å². The van der Waals surface area contributed by atoms with Gasteiger partial charge in [0.2, 0.25) is 6.79 Å². The number of nitrogens with zero attached hydrogens (tertiary/aromatic N) is 1. The van der Waals surface area contributed by atoms with Gasteiger partial charge in [-0.15, -0.1) is 0 Å². The second-order valence-corrected chi connectivity index (χ2v) is 7.28. The van der Waals surface area contributed by atoms with E-state index in [0.717, 1.165) is 12.8 Å². The Morgan fingerprint density at radius 3 is 2.91 bits per heavy atom. The monoisotopic (exact) mass is 381 g/mol. The minimum atomic E-state index is -0.776. The van der Waals surface area contributed by atoms with Crippen molar-refractivity contribution in [1.29, 1.82) is 0 Å². The average molecular weight is 382 g/mol. The number of likely N-dealkylation sites (tertiary alicyclic amines) is 1. The summed E-state index contributed by atoms with van der Waals surface area (Å²) < 4.78 is 11.3. The molecule has 2 atom stereocenters. The number of hydrogen-bond donors (Lipinski definition) is 1. The van der Waals surface area contributed by atoms with Crippen molar-refractivity contribution in [1.82, 2.24) is 4.90 Å². The molecule has 6 nitrogen and oxygen atoms in total. The summed E-state index contributed by atoms with van der Waals surface area (Å²) in [5, 5.41) is 9.63. The molecule has 4 rings (SSSR count). The molecule has 0 radical (unpaired) electrons. The molecule has 2 aliphatic heterocycles. The molecule has 1 amide bonds. The smallest absolute Gasteiger partial charge is 0.311 e. The van der Waals surface area contributed by atoms with Crippen LogP contribution in [0.25, 0.3) is 0 Å². The molecule has 1 saturated heterocycles. The van der Waals surface area contributed by atoms with Crippen LogP contribution in [0.1, 0.15) is 29.6 Å². The topological polar surface area (TPSA) is 76.1 Å². The summed E-state index contributed by atoms with van der Waals surface area (Å²) >= 11 is 3.39. The lowest BCUT2D eigenvalue weighted by molar-refractivity contribution is -0.149. The van der Waals surface area contributed by atoms with Crippen molar-refractivity contribution >= 4 is 27.8 Å². The van der Waals surface area contributed by atoms with Gasteiger partial charge in [0.1, 0.15) is 0 Å². The van der Waals surface area contributed by atoms with Gasteiger partial charge in [-0.25, -0.2) is 0 Å². The third-order valence-electron chi connectivity index (χ3n) is 5.26. The summed E-state index contributed by atoms with van der Waals surface area (Å²) in [6.45, 7) is 0.939. The maximum Gasteiger partial charge on any atom is 0.311 e. The number of carboxylic acid groups (broad SMARTS) is 1. The molecule has 1 aliphatic carbocycles. The SMILES string of the molecule is O=C(c1cc(Br)c2c(c1)OCO2)N1C[C@@H]2CCC[C@@]2(C(=O)O)C1. The van der Waals surface area contributed by atoms with E-state index in [1.807, 2.05) is 0 Å². The van der Waals surface area contributed by atoms with E-state index in [9.17, 15) is 14.7 Å². The van der Waals surface area contributed by atoms with E-state index < -0.39 is 11.4 Å². The fourth-order valence-electron chi connectivity index (χ4n) is 4.07. The third-order valence-corrected chi connectivity index (χ3v) is 5.85. The quantitative estimate of drug-likeness (QED) is 0.851. The van der Waals surface area contributed by atoms with Crippen molar-refractivity contribution in [3.05, 3.63) is 22.2 Å². The van der Waals surface area contributed by atoms with Crippen molar-refractivity contribution in [3.63, 3.8) is 0 Å². The molecule has 1 aromatic rings. The van der Waals surface area contributed by atoms with Crippen molar-refractivity contribution in [2.24, 2.45) is 11.3 Å². The van der Waals surface area contributed by atoms with Crippen LogP contribution in [-0.2, 0) is 4.79 Å². The van der Waals surface area contributed by atoms with Gasteiger partial charge in [0.25, 0.3) is 5.91 Å². The first-order valence-corrected chi connectivity index (χ1v) is 8.42. The predicted octanol–water partition coefficient (Wildman–Crippen LogP) is 2.50. The van der Waals surface area contributed by atoms with Crippen molar-refractivity contribution in [2.75, 3.05) is 19.9 Å². The summed E-state index contributed by atoms with van der Waals surface area (Å²) in [5.41, 5.74) is -0.273. The molecule has 1 N–H and O–H groups in total. The Morgan fingerprint density at radius 1 is 1.35 bits per heavy atom. The second-order valence-electron chi connectivity index (χ2n) is 6.43. The van der Waals surface area contributed by atoms with Crippen LogP contribution in [0.4, 0.5) is 0 Å². The van der Waals surface area contributed by atoms with Crippen LogP contribution < -0.4 is 9.47 Å². The lowest BCUT2D eigenvalue weighted by Crippen LogP contribution is -2.37. The lowest BCUT2D eigenvalue weighted by Gasteiger charge is -2.23. The molecule has 0 bridgehead atoms. The van der Waals surface area contributed by atoms with E-state index >= 15 is 0 Å². The number of hydrogen-bond acceptors (Lipinski definition) is 4. The average Bonchev–Trinajstić information content (AvgIpc) is 3.19. The molecule has 0 aromatic heterocycles. The Balaban J connectivity index is 1.62. The van der Waals surface area contributed by atoms with Gasteiger partial charge < -0.3 is 19.5 Å². The van der Waals surface area contributed by atoms with Gasteiger partial charge in [0.15, 0.2) is 11.5 Å². The number of ether oxygens (including phenoxy) is 2. The Bertz CT molecular complexity index is 706. The molecule has 3 aliphatic rings. The van der Waals surface area contributed by atoms with Crippen LogP contribution in [-0.4, -0.2) is 41.8 Å². The molecule has 2 fully saturated rings. The summed E-state index contributed by atoms with van der Waals surface area (Å²) in [7, 11) is 0. The van der Waals surface area contributed by atoms with Gasteiger partial charge in [0.05, 0.1) is 9.89 Å². The zero-order chi connectivity index (χ0) is 16.2. The second kappa shape index (κ2) is 5.12. The van der Waals surface area contributed by atoms with E-state index in [-0.39, 0.29) is 25.2 Å². The Labute approximate surface area is 141 Å². The maximum atomic E-state index is 12.8. The molecule has 0 spiro atoms. The minimum absolute atomic E-state index is 0.0569. The minimum Gasteiger partial charge on any atom is -0.481 e. The zero-order valence-corrected chi connectivity index (χ0v) is 14.0. The number of rotatable bonds is 2. The molecule has 2 heterocycles. The number of aliphatic carboxylic acids is 1. The van der Waals surface area contributed by atoms with Gasteiger partial charge in [-0.05, 0) is 46.8 Å². The van der Waals surface area contributed by atoms with Crippen molar-refractivity contribution in [3.8, 4) is 11.5 Å². The van der Waals surface area contributed by atoms with E-state index in [1.165, 1.54) is 0 Å². The number of carboxylic acids is 1. The predicted molar refractivity (Wildman–Crippen MR) is 83.6 cm³/mol. The molecular weight excluding hydrogens is 366 g/mol. The summed E-state index contributed by atoms with van der Waals surface area (Å²) in [5.74, 6) is 0.263. The zero-order valence-electron chi connectivity index (χ0n) is 12.4. The Kier molecular flexibility index (Phi) is 3.30. The summed E-state index contributed by atoms with van der Waals surface area (Å²) in [6.07, 6.45) is 2.46. The number of halogens is 1. The van der Waals surface area contributed by atoms with Gasteiger partial charge in [-0.2, -0.15) is 0 Å².